The van der Waals surface area contributed by atoms with Gasteiger partial charge >= 0.3 is 0 Å². The standard InChI is InChI=1S/C22H30N2O/c1-15-20(17-8-6-7-9-18(17)23(15)5)19(25)12-24-14-22(4)11-16(24)10-21(2,3)13-22/h6-9,16H,10-14H2,1-5H3/p+1/t16-,22-/m1/s1. The molecule has 3 heteroatoms. The number of nitrogens with zero attached hydrogens (tertiary/aromatic N) is 1. The van der Waals surface area contributed by atoms with Gasteiger partial charge in [-0.05, 0) is 24.8 Å². The second kappa shape index (κ2) is 5.44. The van der Waals surface area contributed by atoms with E-state index in [1.165, 1.54) is 24.2 Å². The van der Waals surface area contributed by atoms with Crippen LogP contribution in [0.1, 0.15) is 56.1 Å². The molecule has 3 nitrogen and oxygen atoms in total. The van der Waals surface area contributed by atoms with Crippen LogP contribution in [0.5, 0.6) is 0 Å². The van der Waals surface area contributed by atoms with Crippen LogP contribution < -0.4 is 4.90 Å². The number of ketones is 1. The predicted molar refractivity (Wildman–Crippen MR) is 102 cm³/mol. The van der Waals surface area contributed by atoms with Crippen LogP contribution >= 0.6 is 0 Å². The average molecular weight is 340 g/mol. The van der Waals surface area contributed by atoms with E-state index in [9.17, 15) is 4.79 Å². The number of para-hydroxylation sites is 1. The number of hydrogen-bond acceptors (Lipinski definition) is 1. The Kier molecular flexibility index (Phi) is 3.66. The summed E-state index contributed by atoms with van der Waals surface area (Å²) in [4.78, 5) is 14.8. The lowest BCUT2D eigenvalue weighted by Crippen LogP contribution is -3.14. The first kappa shape index (κ1) is 16.8. The minimum Gasteiger partial charge on any atom is -0.347 e. The molecule has 2 bridgehead atoms. The fourth-order valence-electron chi connectivity index (χ4n) is 6.12. The zero-order valence-electron chi connectivity index (χ0n) is 16.3. The average Bonchev–Trinajstić information content (AvgIpc) is 2.90. The fraction of sp³-hybridized carbons (Fsp3) is 0.591. The van der Waals surface area contributed by atoms with Gasteiger partial charge in [0.1, 0.15) is 6.54 Å². The first-order chi connectivity index (χ1) is 11.7. The van der Waals surface area contributed by atoms with Crippen LogP contribution in [0.4, 0.5) is 0 Å². The van der Waals surface area contributed by atoms with E-state index in [2.05, 4.69) is 51.4 Å². The summed E-state index contributed by atoms with van der Waals surface area (Å²) in [5.41, 5.74) is 4.02. The van der Waals surface area contributed by atoms with E-state index in [0.717, 1.165) is 28.7 Å². The molecule has 2 fully saturated rings. The lowest BCUT2D eigenvalue weighted by Gasteiger charge is -2.37. The molecule has 0 spiro atoms. The van der Waals surface area contributed by atoms with Gasteiger partial charge in [0.25, 0.3) is 0 Å². The largest absolute Gasteiger partial charge is 0.347 e. The van der Waals surface area contributed by atoms with E-state index in [0.29, 0.717) is 29.2 Å². The number of Topliss-reactive ketones (excluding diaryl/α,β-unsaturated/α-hetero) is 1. The number of carbonyl (C=O) groups excluding carboxylic acids is 1. The molecule has 25 heavy (non-hydrogen) atoms. The number of carbonyl (C=O) groups is 1. The molecule has 1 unspecified atom stereocenters. The van der Waals surface area contributed by atoms with Crippen LogP contribution in [0.3, 0.4) is 0 Å². The fourth-order valence-corrected chi connectivity index (χ4v) is 6.12. The van der Waals surface area contributed by atoms with E-state index >= 15 is 0 Å². The Morgan fingerprint density at radius 3 is 2.72 bits per heavy atom. The highest BCUT2D eigenvalue weighted by molar-refractivity contribution is 6.10. The summed E-state index contributed by atoms with van der Waals surface area (Å²) in [6.45, 7) is 11.1. The highest BCUT2D eigenvalue weighted by Crippen LogP contribution is 2.47. The minimum atomic E-state index is 0.318. The third-order valence-electron chi connectivity index (χ3n) is 6.74. The summed E-state index contributed by atoms with van der Waals surface area (Å²) in [6, 6.07) is 8.94. The quantitative estimate of drug-likeness (QED) is 0.854. The molecule has 1 saturated carbocycles. The molecule has 1 aliphatic heterocycles. The van der Waals surface area contributed by atoms with Gasteiger partial charge in [-0.15, -0.1) is 0 Å². The predicted octanol–water partition coefficient (Wildman–Crippen LogP) is 3.15. The molecule has 0 amide bonds. The Morgan fingerprint density at radius 1 is 1.24 bits per heavy atom. The van der Waals surface area contributed by atoms with Crippen molar-refractivity contribution in [3.63, 3.8) is 0 Å². The Bertz CT molecular complexity index is 847. The number of fused-ring (bicyclic) bond motifs is 3. The Hall–Kier alpha value is -1.61. The molecule has 2 aromatic rings. The molecule has 2 aliphatic rings. The van der Waals surface area contributed by atoms with Gasteiger partial charge in [0.15, 0.2) is 0 Å². The van der Waals surface area contributed by atoms with E-state index in [1.54, 1.807) is 0 Å². The SMILES string of the molecule is Cc1c(C(=O)C[NH+]2C[C@]3(C)C[C@H]2CC(C)(C)C3)c2ccccc2n1C. The molecule has 2 heterocycles. The summed E-state index contributed by atoms with van der Waals surface area (Å²) in [7, 11) is 2.06. The van der Waals surface area contributed by atoms with Gasteiger partial charge in [-0.25, -0.2) is 0 Å². The minimum absolute atomic E-state index is 0.318. The van der Waals surface area contributed by atoms with Crippen molar-refractivity contribution in [3.05, 3.63) is 35.5 Å². The monoisotopic (exact) mass is 339 g/mol. The molecular weight excluding hydrogens is 308 g/mol. The van der Waals surface area contributed by atoms with Gasteiger partial charge in [-0.3, -0.25) is 4.79 Å². The Morgan fingerprint density at radius 2 is 1.96 bits per heavy atom. The van der Waals surface area contributed by atoms with Gasteiger partial charge in [-0.1, -0.05) is 39.0 Å². The number of rotatable bonds is 3. The van der Waals surface area contributed by atoms with Crippen molar-refractivity contribution in [2.24, 2.45) is 17.9 Å². The van der Waals surface area contributed by atoms with Crippen LogP contribution in [0, 0.1) is 17.8 Å². The van der Waals surface area contributed by atoms with E-state index < -0.39 is 0 Å². The van der Waals surface area contributed by atoms with Crippen LogP contribution in [-0.2, 0) is 7.05 Å². The lowest BCUT2D eigenvalue weighted by molar-refractivity contribution is -0.906. The molecule has 1 aliphatic carbocycles. The van der Waals surface area contributed by atoms with Crippen LogP contribution in [0.25, 0.3) is 10.9 Å². The number of aromatic nitrogens is 1. The maximum atomic E-state index is 13.3. The number of benzene rings is 1. The number of nitrogens with one attached hydrogen (secondary N) is 1. The van der Waals surface area contributed by atoms with Crippen LogP contribution in [-0.4, -0.2) is 29.5 Å². The molecular formula is C22H31N2O+. The van der Waals surface area contributed by atoms with Gasteiger partial charge in [-0.2, -0.15) is 0 Å². The van der Waals surface area contributed by atoms with Gasteiger partial charge in [0.05, 0.1) is 18.2 Å². The molecule has 4 rings (SSSR count). The summed E-state index contributed by atoms with van der Waals surface area (Å²) in [6.07, 6.45) is 3.83. The highest BCUT2D eigenvalue weighted by atomic mass is 16.1. The molecule has 3 atom stereocenters. The van der Waals surface area contributed by atoms with Crippen molar-refractivity contribution in [1.29, 1.82) is 0 Å². The normalized spacial score (nSPS) is 30.8. The third-order valence-corrected chi connectivity index (χ3v) is 6.74. The van der Waals surface area contributed by atoms with Crippen LogP contribution in [0.2, 0.25) is 0 Å². The third kappa shape index (κ3) is 2.73. The summed E-state index contributed by atoms with van der Waals surface area (Å²) in [5.74, 6) is 0.318. The zero-order chi connectivity index (χ0) is 18.0. The Labute approximate surface area is 151 Å². The molecule has 1 aromatic carbocycles. The van der Waals surface area contributed by atoms with Gasteiger partial charge in [0.2, 0.25) is 5.78 Å². The van der Waals surface area contributed by atoms with E-state index in [1.807, 2.05) is 12.1 Å². The molecule has 0 radical (unpaired) electrons. The molecule has 1 saturated heterocycles. The molecule has 1 aromatic heterocycles. The lowest BCUT2D eigenvalue weighted by atomic mass is 9.65. The van der Waals surface area contributed by atoms with E-state index in [4.69, 9.17) is 0 Å². The zero-order valence-corrected chi connectivity index (χ0v) is 16.3. The smallest absolute Gasteiger partial charge is 0.219 e. The second-order valence-electron chi connectivity index (χ2n) is 9.73. The van der Waals surface area contributed by atoms with Gasteiger partial charge < -0.3 is 9.47 Å². The van der Waals surface area contributed by atoms with Crippen molar-refractivity contribution in [2.75, 3.05) is 13.1 Å². The summed E-state index contributed by atoms with van der Waals surface area (Å²) >= 11 is 0. The molecule has 1 N–H and O–H groups in total. The van der Waals surface area contributed by atoms with Crippen LogP contribution in [0.15, 0.2) is 24.3 Å². The topological polar surface area (TPSA) is 26.4 Å². The first-order valence-electron chi connectivity index (χ1n) is 9.61. The summed E-state index contributed by atoms with van der Waals surface area (Å²) in [5, 5.41) is 1.11. The number of hydrogen-bond donors (Lipinski definition) is 1. The maximum Gasteiger partial charge on any atom is 0.219 e. The number of likely N-dealkylation sites (tertiary alicyclic amines) is 1. The first-order valence-corrected chi connectivity index (χ1v) is 9.61. The van der Waals surface area contributed by atoms with Crippen molar-refractivity contribution < 1.29 is 9.69 Å². The van der Waals surface area contributed by atoms with E-state index in [-0.39, 0.29) is 0 Å². The summed E-state index contributed by atoms with van der Waals surface area (Å²) < 4.78 is 2.16. The number of quaternary nitrogens is 1. The van der Waals surface area contributed by atoms with Crippen molar-refractivity contribution in [3.8, 4) is 0 Å². The number of aryl methyl sites for hydroxylation is 1. The van der Waals surface area contributed by atoms with Crippen molar-refractivity contribution in [2.45, 2.75) is 53.0 Å². The molecule has 134 valence electrons. The highest BCUT2D eigenvalue weighted by Gasteiger charge is 2.53. The Balaban J connectivity index is 1.63. The maximum absolute atomic E-state index is 13.3. The van der Waals surface area contributed by atoms with Crippen molar-refractivity contribution >= 4 is 16.7 Å². The van der Waals surface area contributed by atoms with Crippen molar-refractivity contribution in [1.82, 2.24) is 4.57 Å². The van der Waals surface area contributed by atoms with Gasteiger partial charge in [0, 0.05) is 41.9 Å². The second-order valence-corrected chi connectivity index (χ2v) is 9.73.